The van der Waals surface area contributed by atoms with E-state index in [1.807, 2.05) is 43.0 Å². The summed E-state index contributed by atoms with van der Waals surface area (Å²) in [5.74, 6) is 2.73. The Labute approximate surface area is 114 Å². The molecule has 3 heteroatoms. The molecule has 1 unspecified atom stereocenters. The summed E-state index contributed by atoms with van der Waals surface area (Å²) in [7, 11) is 0. The molecule has 18 heavy (non-hydrogen) atoms. The van der Waals surface area contributed by atoms with E-state index < -0.39 is 5.60 Å². The molecule has 1 aliphatic heterocycles. The minimum Gasteiger partial charge on any atom is -0.494 e. The van der Waals surface area contributed by atoms with Crippen LogP contribution in [0.5, 0.6) is 5.75 Å². The fourth-order valence-corrected chi connectivity index (χ4v) is 3.98. The molecule has 2 nitrogen and oxygen atoms in total. The molecule has 0 radical (unpaired) electrons. The van der Waals surface area contributed by atoms with E-state index in [0.717, 1.165) is 29.2 Å². The van der Waals surface area contributed by atoms with E-state index in [2.05, 4.69) is 13.8 Å². The van der Waals surface area contributed by atoms with Crippen molar-refractivity contribution in [2.24, 2.45) is 5.41 Å². The van der Waals surface area contributed by atoms with Crippen molar-refractivity contribution in [3.8, 4) is 5.75 Å². The first kappa shape index (κ1) is 13.8. The highest BCUT2D eigenvalue weighted by Gasteiger charge is 2.40. The van der Waals surface area contributed by atoms with E-state index >= 15 is 0 Å². The van der Waals surface area contributed by atoms with E-state index in [9.17, 15) is 5.11 Å². The van der Waals surface area contributed by atoms with Gasteiger partial charge >= 0.3 is 0 Å². The molecular formula is C15H22O2S. The zero-order valence-electron chi connectivity index (χ0n) is 11.4. The van der Waals surface area contributed by atoms with E-state index in [4.69, 9.17) is 4.74 Å². The number of rotatable bonds is 3. The van der Waals surface area contributed by atoms with Gasteiger partial charge in [-0.05, 0) is 42.2 Å². The fraction of sp³-hybridized carbons (Fsp3) is 0.600. The zero-order chi connectivity index (χ0) is 13.2. The standard InChI is InChI=1S/C15H22O2S/c1-4-17-13-7-5-6-12(8-13)15(16)9-14(2,3)10-18-11-15/h5-8,16H,4,9-11H2,1-3H3. The van der Waals surface area contributed by atoms with Gasteiger partial charge in [-0.2, -0.15) is 11.8 Å². The molecule has 1 saturated heterocycles. The molecule has 100 valence electrons. The lowest BCUT2D eigenvalue weighted by Gasteiger charge is -2.41. The smallest absolute Gasteiger partial charge is 0.119 e. The Hall–Kier alpha value is -0.670. The SMILES string of the molecule is CCOc1cccc(C2(O)CSCC(C)(C)C2)c1. The van der Waals surface area contributed by atoms with Crippen LogP contribution in [-0.2, 0) is 5.60 Å². The lowest BCUT2D eigenvalue weighted by atomic mass is 9.78. The third-order valence-electron chi connectivity index (χ3n) is 3.29. The quantitative estimate of drug-likeness (QED) is 0.909. The van der Waals surface area contributed by atoms with Crippen molar-refractivity contribution in [1.29, 1.82) is 0 Å². The van der Waals surface area contributed by atoms with Gasteiger partial charge in [0.05, 0.1) is 12.2 Å². The minimum absolute atomic E-state index is 0.180. The Kier molecular flexibility index (Phi) is 3.93. The first-order chi connectivity index (χ1) is 8.45. The molecule has 0 aromatic heterocycles. The maximum atomic E-state index is 10.9. The number of aliphatic hydroxyl groups is 1. The Morgan fingerprint density at radius 2 is 2.11 bits per heavy atom. The van der Waals surface area contributed by atoms with E-state index in [1.165, 1.54) is 0 Å². The van der Waals surface area contributed by atoms with E-state index in [0.29, 0.717) is 6.61 Å². The monoisotopic (exact) mass is 266 g/mol. The third kappa shape index (κ3) is 3.01. The molecule has 1 aromatic rings. The maximum absolute atomic E-state index is 10.9. The zero-order valence-corrected chi connectivity index (χ0v) is 12.2. The number of ether oxygens (including phenoxy) is 1. The predicted octanol–water partition coefficient (Wildman–Crippen LogP) is 3.44. The molecule has 1 aromatic carbocycles. The second-order valence-corrected chi connectivity index (χ2v) is 6.81. The van der Waals surface area contributed by atoms with Crippen molar-refractivity contribution >= 4 is 11.8 Å². The van der Waals surface area contributed by atoms with Crippen molar-refractivity contribution < 1.29 is 9.84 Å². The Balaban J connectivity index is 2.26. The second-order valence-electron chi connectivity index (χ2n) is 5.83. The molecular weight excluding hydrogens is 244 g/mol. The number of hydrogen-bond donors (Lipinski definition) is 1. The van der Waals surface area contributed by atoms with Crippen molar-refractivity contribution in [2.45, 2.75) is 32.8 Å². The maximum Gasteiger partial charge on any atom is 0.119 e. The van der Waals surface area contributed by atoms with E-state index in [1.54, 1.807) is 0 Å². The molecule has 0 aliphatic carbocycles. The van der Waals surface area contributed by atoms with Crippen LogP contribution < -0.4 is 4.74 Å². The Bertz CT molecular complexity index is 417. The first-order valence-corrected chi connectivity index (χ1v) is 7.64. The van der Waals surface area contributed by atoms with Gasteiger partial charge in [0.15, 0.2) is 0 Å². The van der Waals surface area contributed by atoms with Gasteiger partial charge in [-0.1, -0.05) is 26.0 Å². The Morgan fingerprint density at radius 3 is 2.78 bits per heavy atom. The largest absolute Gasteiger partial charge is 0.494 e. The van der Waals surface area contributed by atoms with Crippen LogP contribution in [-0.4, -0.2) is 23.2 Å². The average Bonchev–Trinajstić information content (AvgIpc) is 2.28. The molecule has 0 amide bonds. The predicted molar refractivity (Wildman–Crippen MR) is 77.2 cm³/mol. The highest BCUT2D eigenvalue weighted by atomic mass is 32.2. The molecule has 1 aliphatic rings. The minimum atomic E-state index is -0.723. The summed E-state index contributed by atoms with van der Waals surface area (Å²) in [5.41, 5.74) is 0.437. The highest BCUT2D eigenvalue weighted by molar-refractivity contribution is 7.99. The second kappa shape index (κ2) is 5.14. The van der Waals surface area contributed by atoms with Gasteiger partial charge in [0.2, 0.25) is 0 Å². The average molecular weight is 266 g/mol. The van der Waals surface area contributed by atoms with Crippen molar-refractivity contribution in [3.05, 3.63) is 29.8 Å². The van der Waals surface area contributed by atoms with Crippen molar-refractivity contribution in [2.75, 3.05) is 18.1 Å². The van der Waals surface area contributed by atoms with E-state index in [-0.39, 0.29) is 5.41 Å². The van der Waals surface area contributed by atoms with Crippen LogP contribution in [0, 0.1) is 5.41 Å². The van der Waals surface area contributed by atoms with Gasteiger partial charge in [0.25, 0.3) is 0 Å². The third-order valence-corrected chi connectivity index (χ3v) is 4.95. The first-order valence-electron chi connectivity index (χ1n) is 6.49. The van der Waals surface area contributed by atoms with Crippen molar-refractivity contribution in [1.82, 2.24) is 0 Å². The summed E-state index contributed by atoms with van der Waals surface area (Å²) in [6.07, 6.45) is 0.808. The lowest BCUT2D eigenvalue weighted by molar-refractivity contribution is 0.0154. The Morgan fingerprint density at radius 1 is 1.33 bits per heavy atom. The summed E-state index contributed by atoms with van der Waals surface area (Å²) in [5, 5.41) is 10.9. The fourth-order valence-electron chi connectivity index (χ4n) is 2.62. The van der Waals surface area contributed by atoms with Crippen LogP contribution in [0.4, 0.5) is 0 Å². The number of thioether (sulfide) groups is 1. The van der Waals surface area contributed by atoms with Gasteiger partial charge in [-0.3, -0.25) is 0 Å². The molecule has 1 atom stereocenters. The molecule has 2 rings (SSSR count). The number of benzene rings is 1. The van der Waals surface area contributed by atoms with Gasteiger partial charge in [-0.25, -0.2) is 0 Å². The van der Waals surface area contributed by atoms with Crippen LogP contribution >= 0.6 is 11.8 Å². The molecule has 1 N–H and O–H groups in total. The topological polar surface area (TPSA) is 29.5 Å². The summed E-state index contributed by atoms with van der Waals surface area (Å²) >= 11 is 1.83. The van der Waals surface area contributed by atoms with Crippen LogP contribution in [0.2, 0.25) is 0 Å². The van der Waals surface area contributed by atoms with Gasteiger partial charge < -0.3 is 9.84 Å². The molecule has 0 saturated carbocycles. The number of hydrogen-bond acceptors (Lipinski definition) is 3. The summed E-state index contributed by atoms with van der Waals surface area (Å²) < 4.78 is 5.52. The van der Waals surface area contributed by atoms with Crippen LogP contribution in [0.25, 0.3) is 0 Å². The van der Waals surface area contributed by atoms with Gasteiger partial charge in [0, 0.05) is 5.75 Å². The molecule has 1 fully saturated rings. The highest BCUT2D eigenvalue weighted by Crippen LogP contribution is 2.44. The van der Waals surface area contributed by atoms with Crippen molar-refractivity contribution in [3.63, 3.8) is 0 Å². The summed E-state index contributed by atoms with van der Waals surface area (Å²) in [6.45, 7) is 7.07. The van der Waals surface area contributed by atoms with Crippen LogP contribution in [0.3, 0.4) is 0 Å². The summed E-state index contributed by atoms with van der Waals surface area (Å²) in [6, 6.07) is 7.89. The van der Waals surface area contributed by atoms with Crippen LogP contribution in [0.1, 0.15) is 32.8 Å². The van der Waals surface area contributed by atoms with Crippen LogP contribution in [0.15, 0.2) is 24.3 Å². The normalized spacial score (nSPS) is 26.9. The lowest BCUT2D eigenvalue weighted by Crippen LogP contribution is -2.40. The van der Waals surface area contributed by atoms with Gasteiger partial charge in [-0.15, -0.1) is 0 Å². The molecule has 1 heterocycles. The summed E-state index contributed by atoms with van der Waals surface area (Å²) in [4.78, 5) is 0. The molecule has 0 spiro atoms. The van der Waals surface area contributed by atoms with Gasteiger partial charge in [0.1, 0.15) is 5.75 Å². The molecule has 0 bridgehead atoms.